The largest absolute Gasteiger partial charge is 0.489 e. The Morgan fingerprint density at radius 2 is 2.00 bits per heavy atom. The molecule has 0 fully saturated rings. The molecule has 1 unspecified atom stereocenters. The van der Waals surface area contributed by atoms with Crippen LogP contribution in [0.1, 0.15) is 64.1 Å². The van der Waals surface area contributed by atoms with E-state index in [2.05, 4.69) is 22.5 Å². The van der Waals surface area contributed by atoms with Crippen molar-refractivity contribution < 1.29 is 14.1 Å². The van der Waals surface area contributed by atoms with Gasteiger partial charge in [-0.25, -0.2) is 0 Å². The van der Waals surface area contributed by atoms with Crippen LogP contribution in [0, 0.1) is 27.7 Å². The Bertz CT molecular complexity index is 1020. The van der Waals surface area contributed by atoms with Gasteiger partial charge in [0, 0.05) is 17.8 Å². The molecule has 3 aromatic rings. The summed E-state index contributed by atoms with van der Waals surface area (Å²) in [6.45, 7) is 12.8. The average Bonchev–Trinajstić information content (AvgIpc) is 3.25. The van der Waals surface area contributed by atoms with Crippen LogP contribution in [0.15, 0.2) is 28.9 Å². The Kier molecular flexibility index (Phi) is 6.06. The quantitative estimate of drug-likeness (QED) is 0.647. The lowest BCUT2D eigenvalue weighted by Gasteiger charge is -2.14. The minimum Gasteiger partial charge on any atom is -0.489 e. The van der Waals surface area contributed by atoms with Crippen molar-refractivity contribution >= 4 is 5.91 Å². The van der Waals surface area contributed by atoms with Gasteiger partial charge < -0.3 is 14.6 Å². The van der Waals surface area contributed by atoms with Gasteiger partial charge in [-0.05, 0) is 64.8 Å². The van der Waals surface area contributed by atoms with E-state index >= 15 is 0 Å². The minimum absolute atomic E-state index is 0.201. The van der Waals surface area contributed by atoms with Gasteiger partial charge in [-0.15, -0.1) is 0 Å². The zero-order chi connectivity index (χ0) is 21.1. The molecule has 1 aromatic carbocycles. The van der Waals surface area contributed by atoms with Crippen molar-refractivity contribution in [2.45, 2.75) is 60.7 Å². The summed E-state index contributed by atoms with van der Waals surface area (Å²) in [4.78, 5) is 12.8. The topological polar surface area (TPSA) is 82.2 Å². The molecule has 29 heavy (non-hydrogen) atoms. The summed E-state index contributed by atoms with van der Waals surface area (Å²) in [5.74, 6) is 1.02. The van der Waals surface area contributed by atoms with Crippen LogP contribution in [-0.4, -0.2) is 20.8 Å². The van der Waals surface area contributed by atoms with E-state index in [1.165, 1.54) is 5.56 Å². The maximum Gasteiger partial charge on any atom is 0.274 e. The predicted octanol–water partition coefficient (Wildman–Crippen LogP) is 4.19. The number of nitrogens with zero attached hydrogens (tertiary/aromatic N) is 3. The normalized spacial score (nSPS) is 12.1. The standard InChI is InChI=1S/C22H28N4O3/c1-7-26-16(5)19(11-23-26)15(4)24-22(27)21-20(17(6)29-25-21)12-28-18-9-8-13(2)14(3)10-18/h8-11,15H,7,12H2,1-6H3,(H,24,27). The fraction of sp³-hybridized carbons (Fsp3) is 0.409. The van der Waals surface area contributed by atoms with Crippen molar-refractivity contribution in [3.63, 3.8) is 0 Å². The van der Waals surface area contributed by atoms with E-state index in [4.69, 9.17) is 9.26 Å². The van der Waals surface area contributed by atoms with E-state index in [1.54, 1.807) is 13.1 Å². The highest BCUT2D eigenvalue weighted by molar-refractivity contribution is 5.94. The van der Waals surface area contributed by atoms with Crippen LogP contribution in [0.25, 0.3) is 0 Å². The summed E-state index contributed by atoms with van der Waals surface area (Å²) in [6.07, 6.45) is 1.79. The van der Waals surface area contributed by atoms with E-state index in [9.17, 15) is 4.79 Å². The highest BCUT2D eigenvalue weighted by atomic mass is 16.5. The Labute approximate surface area is 171 Å². The first-order valence-electron chi connectivity index (χ1n) is 9.80. The van der Waals surface area contributed by atoms with Gasteiger partial charge in [0.25, 0.3) is 5.91 Å². The lowest BCUT2D eigenvalue weighted by atomic mass is 10.1. The Hall–Kier alpha value is -3.09. The molecule has 2 aromatic heterocycles. The number of carbonyl (C=O) groups excluding carboxylic acids is 1. The number of carbonyl (C=O) groups is 1. The second-order valence-electron chi connectivity index (χ2n) is 7.30. The molecule has 7 nitrogen and oxygen atoms in total. The molecule has 0 saturated carbocycles. The summed E-state index contributed by atoms with van der Waals surface area (Å²) in [7, 11) is 0. The predicted molar refractivity (Wildman–Crippen MR) is 110 cm³/mol. The third-order valence-corrected chi connectivity index (χ3v) is 5.32. The molecule has 1 amide bonds. The van der Waals surface area contributed by atoms with Crippen LogP contribution in [-0.2, 0) is 13.2 Å². The second kappa shape index (κ2) is 8.51. The van der Waals surface area contributed by atoms with Gasteiger partial charge in [0.05, 0.1) is 17.8 Å². The van der Waals surface area contributed by atoms with Crippen molar-refractivity contribution in [2.24, 2.45) is 0 Å². The number of amides is 1. The molecule has 1 atom stereocenters. The first-order valence-corrected chi connectivity index (χ1v) is 9.80. The van der Waals surface area contributed by atoms with Crippen molar-refractivity contribution in [1.82, 2.24) is 20.3 Å². The van der Waals surface area contributed by atoms with Gasteiger partial charge >= 0.3 is 0 Å². The fourth-order valence-corrected chi connectivity index (χ4v) is 3.25. The van der Waals surface area contributed by atoms with E-state index < -0.39 is 0 Å². The molecule has 7 heteroatoms. The second-order valence-corrected chi connectivity index (χ2v) is 7.30. The van der Waals surface area contributed by atoms with Crippen LogP contribution in [0.2, 0.25) is 0 Å². The minimum atomic E-state index is -0.295. The number of hydrogen-bond donors (Lipinski definition) is 1. The van der Waals surface area contributed by atoms with Gasteiger partial charge in [0.15, 0.2) is 5.69 Å². The van der Waals surface area contributed by atoms with Crippen molar-refractivity contribution in [2.75, 3.05) is 0 Å². The Morgan fingerprint density at radius 1 is 1.24 bits per heavy atom. The summed E-state index contributed by atoms with van der Waals surface area (Å²) >= 11 is 0. The molecule has 154 valence electrons. The number of rotatable bonds is 7. The first-order chi connectivity index (χ1) is 13.8. The summed E-state index contributed by atoms with van der Waals surface area (Å²) in [5, 5.41) is 11.3. The molecule has 0 spiro atoms. The lowest BCUT2D eigenvalue weighted by Crippen LogP contribution is -2.28. The monoisotopic (exact) mass is 396 g/mol. The summed E-state index contributed by atoms with van der Waals surface area (Å²) in [5.41, 5.74) is 5.27. The number of aryl methyl sites for hydroxylation is 4. The summed E-state index contributed by atoms with van der Waals surface area (Å²) < 4.78 is 13.1. The molecule has 0 bridgehead atoms. The highest BCUT2D eigenvalue weighted by Gasteiger charge is 2.23. The third-order valence-electron chi connectivity index (χ3n) is 5.32. The maximum atomic E-state index is 12.8. The molecule has 0 aliphatic rings. The lowest BCUT2D eigenvalue weighted by molar-refractivity contribution is 0.0928. The summed E-state index contributed by atoms with van der Waals surface area (Å²) in [6, 6.07) is 5.71. The Morgan fingerprint density at radius 3 is 2.66 bits per heavy atom. The van der Waals surface area contributed by atoms with E-state index in [0.717, 1.165) is 29.1 Å². The van der Waals surface area contributed by atoms with Crippen LogP contribution >= 0.6 is 0 Å². The van der Waals surface area contributed by atoms with Gasteiger partial charge in [-0.3, -0.25) is 9.48 Å². The molecular weight excluding hydrogens is 368 g/mol. The molecule has 0 saturated heterocycles. The van der Waals surface area contributed by atoms with Gasteiger partial charge in [0.1, 0.15) is 18.1 Å². The van der Waals surface area contributed by atoms with Gasteiger partial charge in [-0.2, -0.15) is 5.10 Å². The molecule has 0 aliphatic carbocycles. The fourth-order valence-electron chi connectivity index (χ4n) is 3.25. The molecule has 3 rings (SSSR count). The molecule has 0 aliphatic heterocycles. The van der Waals surface area contributed by atoms with Crippen molar-refractivity contribution in [3.8, 4) is 5.75 Å². The highest BCUT2D eigenvalue weighted by Crippen LogP contribution is 2.22. The number of benzene rings is 1. The Balaban J connectivity index is 1.73. The number of aromatic nitrogens is 3. The van der Waals surface area contributed by atoms with Crippen LogP contribution in [0.4, 0.5) is 0 Å². The molecule has 1 N–H and O–H groups in total. The van der Waals surface area contributed by atoms with E-state index in [1.807, 2.05) is 50.6 Å². The van der Waals surface area contributed by atoms with Crippen molar-refractivity contribution in [1.29, 1.82) is 0 Å². The molecular formula is C22H28N4O3. The van der Waals surface area contributed by atoms with Crippen LogP contribution < -0.4 is 10.1 Å². The average molecular weight is 396 g/mol. The van der Waals surface area contributed by atoms with Crippen molar-refractivity contribution in [3.05, 3.63) is 63.8 Å². The number of ether oxygens (including phenoxy) is 1. The van der Waals surface area contributed by atoms with Crippen LogP contribution in [0.5, 0.6) is 5.75 Å². The van der Waals surface area contributed by atoms with Gasteiger partial charge in [-0.1, -0.05) is 11.2 Å². The SMILES string of the molecule is CCn1ncc(C(C)NC(=O)c2noc(C)c2COc2ccc(C)c(C)c2)c1C. The number of nitrogens with one attached hydrogen (secondary N) is 1. The van der Waals surface area contributed by atoms with Crippen LogP contribution in [0.3, 0.4) is 0 Å². The van der Waals surface area contributed by atoms with Gasteiger partial charge in [0.2, 0.25) is 0 Å². The zero-order valence-electron chi connectivity index (χ0n) is 17.9. The molecule has 2 heterocycles. The maximum absolute atomic E-state index is 12.8. The van der Waals surface area contributed by atoms with E-state index in [-0.39, 0.29) is 24.2 Å². The number of hydrogen-bond acceptors (Lipinski definition) is 5. The van der Waals surface area contributed by atoms with E-state index in [0.29, 0.717) is 11.3 Å². The molecule has 0 radical (unpaired) electrons. The smallest absolute Gasteiger partial charge is 0.274 e. The zero-order valence-corrected chi connectivity index (χ0v) is 17.9. The third kappa shape index (κ3) is 4.34. The first kappa shape index (κ1) is 20.6.